The van der Waals surface area contributed by atoms with E-state index in [0.717, 1.165) is 0 Å². The first-order chi connectivity index (χ1) is 14.2. The second kappa shape index (κ2) is 8.53. The van der Waals surface area contributed by atoms with Crippen molar-refractivity contribution in [3.8, 4) is 22.8 Å². The third-order valence-electron chi connectivity index (χ3n) is 4.11. The molecule has 3 heterocycles. The van der Waals surface area contributed by atoms with Crippen LogP contribution in [0.5, 0.6) is 11.5 Å². The van der Waals surface area contributed by atoms with Gasteiger partial charge in [0.25, 0.3) is 5.91 Å². The number of fused-ring (bicyclic) bond motifs is 7. The van der Waals surface area contributed by atoms with E-state index in [2.05, 4.69) is 20.3 Å². The number of aromatic nitrogens is 3. The standard InChI is InChI=1S/C20H19N5O4/c21-19-18-20(26)24-14-2-1-3-15(9-14)28-6-4-27-5-7-29-16-8-13(10-22-11-16)17(25-18)12-23-19/h1-3,8-12H,4-7H2,(H2,21,23)(H,24,26). The van der Waals surface area contributed by atoms with Crippen LogP contribution in [0.2, 0.25) is 0 Å². The molecule has 0 unspecified atom stereocenters. The Morgan fingerprint density at radius 2 is 1.79 bits per heavy atom. The zero-order valence-corrected chi connectivity index (χ0v) is 15.5. The summed E-state index contributed by atoms with van der Waals surface area (Å²) in [5.74, 6) is 0.727. The van der Waals surface area contributed by atoms with E-state index in [1.54, 1.807) is 42.7 Å². The molecule has 9 heteroatoms. The second-order valence-electron chi connectivity index (χ2n) is 6.19. The van der Waals surface area contributed by atoms with Crippen molar-refractivity contribution in [3.63, 3.8) is 0 Å². The lowest BCUT2D eigenvalue weighted by Gasteiger charge is -2.12. The maximum atomic E-state index is 12.7. The predicted molar refractivity (Wildman–Crippen MR) is 106 cm³/mol. The molecule has 0 aliphatic carbocycles. The highest BCUT2D eigenvalue weighted by Crippen LogP contribution is 2.23. The Balaban J connectivity index is 1.69. The van der Waals surface area contributed by atoms with E-state index in [1.807, 2.05) is 0 Å². The summed E-state index contributed by atoms with van der Waals surface area (Å²) in [5, 5.41) is 2.77. The third kappa shape index (κ3) is 4.58. The van der Waals surface area contributed by atoms with Gasteiger partial charge >= 0.3 is 0 Å². The van der Waals surface area contributed by atoms with E-state index in [1.165, 1.54) is 6.20 Å². The number of hydrogen-bond donors (Lipinski definition) is 2. The van der Waals surface area contributed by atoms with Crippen LogP contribution in [0.25, 0.3) is 11.3 Å². The zero-order chi connectivity index (χ0) is 20.1. The number of anilines is 2. The summed E-state index contributed by atoms with van der Waals surface area (Å²) in [6.07, 6.45) is 4.70. The van der Waals surface area contributed by atoms with Gasteiger partial charge in [-0.3, -0.25) is 9.78 Å². The van der Waals surface area contributed by atoms with Gasteiger partial charge in [0.15, 0.2) is 11.5 Å². The SMILES string of the molecule is Nc1ncc2nc1C(=O)Nc1cccc(c1)OCCOCCOc1cncc-2c1. The maximum absolute atomic E-state index is 12.7. The lowest BCUT2D eigenvalue weighted by Crippen LogP contribution is -2.17. The molecule has 3 N–H and O–H groups in total. The van der Waals surface area contributed by atoms with E-state index in [9.17, 15) is 4.79 Å². The molecule has 3 aromatic rings. The molecule has 0 spiro atoms. The number of nitrogens with zero attached hydrogens (tertiary/aromatic N) is 3. The summed E-state index contributed by atoms with van der Waals surface area (Å²) in [5.41, 5.74) is 7.58. The molecule has 0 atom stereocenters. The largest absolute Gasteiger partial charge is 0.491 e. The van der Waals surface area contributed by atoms with Gasteiger partial charge in [0, 0.05) is 23.5 Å². The number of carbonyl (C=O) groups excluding carboxylic acids is 1. The van der Waals surface area contributed by atoms with Crippen LogP contribution in [0.3, 0.4) is 0 Å². The van der Waals surface area contributed by atoms with E-state index >= 15 is 0 Å². The van der Waals surface area contributed by atoms with E-state index < -0.39 is 5.91 Å². The number of amides is 1. The number of ether oxygens (including phenoxy) is 3. The highest BCUT2D eigenvalue weighted by molar-refractivity contribution is 6.06. The van der Waals surface area contributed by atoms with Gasteiger partial charge in [-0.1, -0.05) is 6.07 Å². The van der Waals surface area contributed by atoms with Gasteiger partial charge in [0.2, 0.25) is 0 Å². The summed E-state index contributed by atoms with van der Waals surface area (Å²) in [7, 11) is 0. The average Bonchev–Trinajstić information content (AvgIpc) is 2.73. The van der Waals surface area contributed by atoms with Crippen LogP contribution < -0.4 is 20.5 Å². The van der Waals surface area contributed by atoms with Crippen molar-refractivity contribution in [1.82, 2.24) is 15.0 Å². The number of hydrogen-bond acceptors (Lipinski definition) is 8. The van der Waals surface area contributed by atoms with Crippen LogP contribution in [0.15, 0.2) is 48.9 Å². The fourth-order valence-electron chi connectivity index (χ4n) is 2.74. The van der Waals surface area contributed by atoms with Gasteiger partial charge in [-0.05, 0) is 18.2 Å². The molecule has 29 heavy (non-hydrogen) atoms. The Morgan fingerprint density at radius 1 is 0.966 bits per heavy atom. The molecule has 0 saturated heterocycles. The fourth-order valence-corrected chi connectivity index (χ4v) is 2.74. The van der Waals surface area contributed by atoms with E-state index in [0.29, 0.717) is 54.9 Å². The summed E-state index contributed by atoms with van der Waals surface area (Å²) in [4.78, 5) is 25.4. The number of nitrogen functional groups attached to an aromatic ring is 1. The van der Waals surface area contributed by atoms with Gasteiger partial charge in [0.05, 0.1) is 31.3 Å². The summed E-state index contributed by atoms with van der Waals surface area (Å²) >= 11 is 0. The molecule has 148 valence electrons. The Labute approximate surface area is 166 Å². The predicted octanol–water partition coefficient (Wildman–Crippen LogP) is 2.16. The molecule has 1 aliphatic heterocycles. The van der Waals surface area contributed by atoms with Crippen LogP contribution in [-0.4, -0.2) is 47.3 Å². The topological polar surface area (TPSA) is 121 Å². The first-order valence-corrected chi connectivity index (χ1v) is 9.02. The number of nitrogens with one attached hydrogen (secondary N) is 1. The first kappa shape index (κ1) is 18.6. The van der Waals surface area contributed by atoms with Crippen LogP contribution in [-0.2, 0) is 4.74 Å². The minimum Gasteiger partial charge on any atom is -0.491 e. The van der Waals surface area contributed by atoms with Crippen LogP contribution in [0.1, 0.15) is 10.5 Å². The summed E-state index contributed by atoms with van der Waals surface area (Å²) < 4.78 is 16.8. The number of carbonyl (C=O) groups is 1. The van der Waals surface area contributed by atoms with Gasteiger partial charge in [0.1, 0.15) is 24.7 Å². The molecule has 1 amide bonds. The number of rotatable bonds is 0. The fraction of sp³-hybridized carbons (Fsp3) is 0.200. The Morgan fingerprint density at radius 3 is 2.66 bits per heavy atom. The lowest BCUT2D eigenvalue weighted by atomic mass is 10.2. The Bertz CT molecular complexity index is 1030. The molecule has 0 radical (unpaired) electrons. The quantitative estimate of drug-likeness (QED) is 0.596. The maximum Gasteiger partial charge on any atom is 0.278 e. The smallest absolute Gasteiger partial charge is 0.278 e. The minimum atomic E-state index is -0.473. The monoisotopic (exact) mass is 393 g/mol. The van der Waals surface area contributed by atoms with Crippen LogP contribution in [0, 0.1) is 0 Å². The summed E-state index contributed by atoms with van der Waals surface area (Å²) in [6.45, 7) is 1.56. The Hall–Kier alpha value is -3.72. The lowest BCUT2D eigenvalue weighted by molar-refractivity contribution is 0.0763. The van der Waals surface area contributed by atoms with Gasteiger partial charge in [-0.25, -0.2) is 9.97 Å². The van der Waals surface area contributed by atoms with Crippen molar-refractivity contribution < 1.29 is 19.0 Å². The molecular weight excluding hydrogens is 374 g/mol. The molecule has 2 aromatic heterocycles. The second-order valence-corrected chi connectivity index (χ2v) is 6.19. The molecule has 9 nitrogen and oxygen atoms in total. The van der Waals surface area contributed by atoms with Crippen molar-refractivity contribution in [1.29, 1.82) is 0 Å². The van der Waals surface area contributed by atoms with Crippen molar-refractivity contribution >= 4 is 17.4 Å². The number of nitrogens with two attached hydrogens (primary N) is 1. The average molecular weight is 393 g/mol. The van der Waals surface area contributed by atoms with Gasteiger partial charge in [-0.2, -0.15) is 0 Å². The van der Waals surface area contributed by atoms with Crippen LogP contribution in [0.4, 0.5) is 11.5 Å². The van der Waals surface area contributed by atoms with E-state index in [4.69, 9.17) is 19.9 Å². The van der Waals surface area contributed by atoms with Crippen molar-refractivity contribution in [2.75, 3.05) is 37.5 Å². The number of pyridine rings is 1. The van der Waals surface area contributed by atoms with Crippen molar-refractivity contribution in [3.05, 3.63) is 54.6 Å². The molecule has 6 bridgehead atoms. The van der Waals surface area contributed by atoms with Crippen LogP contribution >= 0.6 is 0 Å². The first-order valence-electron chi connectivity index (χ1n) is 9.02. The highest BCUT2D eigenvalue weighted by atomic mass is 16.5. The Kier molecular flexibility index (Phi) is 5.48. The molecule has 4 rings (SSSR count). The molecule has 1 aromatic carbocycles. The van der Waals surface area contributed by atoms with E-state index in [-0.39, 0.29) is 11.5 Å². The van der Waals surface area contributed by atoms with Gasteiger partial charge < -0.3 is 25.3 Å². The van der Waals surface area contributed by atoms with Crippen molar-refractivity contribution in [2.45, 2.75) is 0 Å². The zero-order valence-electron chi connectivity index (χ0n) is 15.5. The molecule has 0 saturated carbocycles. The normalized spacial score (nSPS) is 14.6. The minimum absolute atomic E-state index is 0.0228. The van der Waals surface area contributed by atoms with Crippen molar-refractivity contribution in [2.24, 2.45) is 0 Å². The highest BCUT2D eigenvalue weighted by Gasteiger charge is 2.16. The third-order valence-corrected chi connectivity index (χ3v) is 4.11. The number of benzene rings is 1. The molecular formula is C20H19N5O4. The summed E-state index contributed by atoms with van der Waals surface area (Å²) in [6, 6.07) is 8.80. The molecule has 1 aliphatic rings. The molecule has 0 fully saturated rings. The van der Waals surface area contributed by atoms with Gasteiger partial charge in [-0.15, -0.1) is 0 Å².